The van der Waals surface area contributed by atoms with Gasteiger partial charge in [0.1, 0.15) is 0 Å². The number of hydrogen-bond acceptors (Lipinski definition) is 2. The van der Waals surface area contributed by atoms with Gasteiger partial charge in [-0.05, 0) is 74.1 Å². The Labute approximate surface area is 257 Å². The molecule has 0 aliphatic carbocycles. The summed E-state index contributed by atoms with van der Waals surface area (Å²) in [6, 6.07) is 59.8. The standard InChI is InChI=1S/C42H28N2/c1-4-12-29(13-5-1)32-20-21-34-25-36(23-22-33(34)24-32)40-28-41(44-42(43-40)31-16-8-3-9-17-31)39-27-37(30-14-6-2-7-15-30)26-35-18-10-11-19-38(35)39/h1-28H. The summed E-state index contributed by atoms with van der Waals surface area (Å²) in [6.07, 6.45) is 0. The van der Waals surface area contributed by atoms with E-state index in [2.05, 4.69) is 152 Å². The Morgan fingerprint density at radius 3 is 1.52 bits per heavy atom. The fourth-order valence-corrected chi connectivity index (χ4v) is 5.98. The van der Waals surface area contributed by atoms with Crippen molar-refractivity contribution >= 4 is 21.5 Å². The second-order valence-electron chi connectivity index (χ2n) is 11.1. The number of hydrogen-bond donors (Lipinski definition) is 0. The van der Waals surface area contributed by atoms with Gasteiger partial charge in [0.2, 0.25) is 0 Å². The first-order valence-electron chi connectivity index (χ1n) is 14.9. The number of nitrogens with zero attached hydrogens (tertiary/aromatic N) is 2. The van der Waals surface area contributed by atoms with Crippen molar-refractivity contribution in [1.82, 2.24) is 9.97 Å². The third-order valence-electron chi connectivity index (χ3n) is 8.25. The molecule has 206 valence electrons. The lowest BCUT2D eigenvalue weighted by molar-refractivity contribution is 1.19. The van der Waals surface area contributed by atoms with Crippen LogP contribution in [-0.4, -0.2) is 9.97 Å². The molecule has 44 heavy (non-hydrogen) atoms. The van der Waals surface area contributed by atoms with Gasteiger partial charge >= 0.3 is 0 Å². The number of fused-ring (bicyclic) bond motifs is 2. The quantitative estimate of drug-likeness (QED) is 0.209. The third-order valence-corrected chi connectivity index (χ3v) is 8.25. The van der Waals surface area contributed by atoms with Crippen molar-refractivity contribution in [2.45, 2.75) is 0 Å². The minimum atomic E-state index is 0.715. The Hall–Kier alpha value is -5.86. The maximum atomic E-state index is 5.18. The normalized spacial score (nSPS) is 11.2. The summed E-state index contributed by atoms with van der Waals surface area (Å²) in [5.41, 5.74) is 9.74. The van der Waals surface area contributed by atoms with Crippen molar-refractivity contribution in [2.75, 3.05) is 0 Å². The molecule has 0 saturated heterocycles. The first-order chi connectivity index (χ1) is 21.8. The van der Waals surface area contributed by atoms with Crippen molar-refractivity contribution in [2.24, 2.45) is 0 Å². The van der Waals surface area contributed by atoms with Gasteiger partial charge in [0.25, 0.3) is 0 Å². The summed E-state index contributed by atoms with van der Waals surface area (Å²) in [7, 11) is 0. The van der Waals surface area contributed by atoms with E-state index in [1.54, 1.807) is 0 Å². The van der Waals surface area contributed by atoms with Crippen LogP contribution in [0.3, 0.4) is 0 Å². The summed E-state index contributed by atoms with van der Waals surface area (Å²) in [5, 5.41) is 4.74. The second-order valence-corrected chi connectivity index (χ2v) is 11.1. The molecule has 0 fully saturated rings. The number of aromatic nitrogens is 2. The van der Waals surface area contributed by atoms with E-state index in [9.17, 15) is 0 Å². The molecule has 1 heterocycles. The van der Waals surface area contributed by atoms with E-state index in [1.165, 1.54) is 43.8 Å². The molecule has 0 aliphatic heterocycles. The molecule has 0 atom stereocenters. The molecule has 7 aromatic carbocycles. The Kier molecular flexibility index (Phi) is 6.51. The molecular formula is C42H28N2. The molecular weight excluding hydrogens is 532 g/mol. The van der Waals surface area contributed by atoms with E-state index in [0.29, 0.717) is 5.82 Å². The monoisotopic (exact) mass is 560 g/mol. The Bertz CT molecular complexity index is 2260. The molecule has 0 N–H and O–H groups in total. The maximum absolute atomic E-state index is 5.18. The fraction of sp³-hybridized carbons (Fsp3) is 0. The van der Waals surface area contributed by atoms with E-state index < -0.39 is 0 Å². The van der Waals surface area contributed by atoms with Gasteiger partial charge in [0.15, 0.2) is 5.82 Å². The molecule has 0 unspecified atom stereocenters. The topological polar surface area (TPSA) is 25.8 Å². The zero-order chi connectivity index (χ0) is 29.3. The molecule has 2 heteroatoms. The van der Waals surface area contributed by atoms with Gasteiger partial charge in [-0.3, -0.25) is 0 Å². The van der Waals surface area contributed by atoms with E-state index in [1.807, 2.05) is 18.2 Å². The average Bonchev–Trinajstić information content (AvgIpc) is 3.11. The van der Waals surface area contributed by atoms with Crippen LogP contribution in [0, 0.1) is 0 Å². The third kappa shape index (κ3) is 4.93. The Morgan fingerprint density at radius 2 is 0.818 bits per heavy atom. The molecule has 0 radical (unpaired) electrons. The largest absolute Gasteiger partial charge is 0.228 e. The van der Waals surface area contributed by atoms with Crippen molar-refractivity contribution in [3.63, 3.8) is 0 Å². The highest BCUT2D eigenvalue weighted by Gasteiger charge is 2.15. The lowest BCUT2D eigenvalue weighted by Gasteiger charge is -2.14. The van der Waals surface area contributed by atoms with Crippen molar-refractivity contribution in [1.29, 1.82) is 0 Å². The van der Waals surface area contributed by atoms with Gasteiger partial charge in [-0.25, -0.2) is 9.97 Å². The lowest BCUT2D eigenvalue weighted by Crippen LogP contribution is -1.97. The van der Waals surface area contributed by atoms with E-state index in [-0.39, 0.29) is 0 Å². The highest BCUT2D eigenvalue weighted by atomic mass is 14.9. The predicted octanol–water partition coefficient (Wildman–Crippen LogP) is 11.1. The van der Waals surface area contributed by atoms with Crippen LogP contribution in [0.5, 0.6) is 0 Å². The lowest BCUT2D eigenvalue weighted by atomic mass is 9.94. The highest BCUT2D eigenvalue weighted by molar-refractivity contribution is 6.00. The van der Waals surface area contributed by atoms with Gasteiger partial charge in [0.05, 0.1) is 11.4 Å². The Balaban J connectivity index is 1.31. The summed E-state index contributed by atoms with van der Waals surface area (Å²) >= 11 is 0. The molecule has 8 rings (SSSR count). The van der Waals surface area contributed by atoms with Gasteiger partial charge in [0, 0.05) is 16.7 Å². The summed E-state index contributed by atoms with van der Waals surface area (Å²) in [4.78, 5) is 10.3. The average molecular weight is 561 g/mol. The molecule has 2 nitrogen and oxygen atoms in total. The van der Waals surface area contributed by atoms with Gasteiger partial charge in [-0.1, -0.05) is 140 Å². The van der Waals surface area contributed by atoms with Crippen LogP contribution in [-0.2, 0) is 0 Å². The SMILES string of the molecule is c1ccc(-c2ccc3cc(-c4cc(-c5cc(-c6ccccc6)cc6ccccc56)nc(-c5ccccc5)n4)ccc3c2)cc1. The molecule has 8 aromatic rings. The molecule has 0 bridgehead atoms. The van der Waals surface area contributed by atoms with Crippen LogP contribution in [0.15, 0.2) is 170 Å². The van der Waals surface area contributed by atoms with Crippen molar-refractivity contribution in [3.8, 4) is 56.2 Å². The summed E-state index contributed by atoms with van der Waals surface area (Å²) in [5.74, 6) is 0.715. The van der Waals surface area contributed by atoms with E-state index in [0.717, 1.165) is 28.1 Å². The van der Waals surface area contributed by atoms with E-state index >= 15 is 0 Å². The summed E-state index contributed by atoms with van der Waals surface area (Å²) < 4.78 is 0. The van der Waals surface area contributed by atoms with Crippen molar-refractivity contribution < 1.29 is 0 Å². The van der Waals surface area contributed by atoms with Gasteiger partial charge < -0.3 is 0 Å². The van der Waals surface area contributed by atoms with Crippen molar-refractivity contribution in [3.05, 3.63) is 170 Å². The van der Waals surface area contributed by atoms with Crippen LogP contribution < -0.4 is 0 Å². The zero-order valence-electron chi connectivity index (χ0n) is 24.1. The second kappa shape index (κ2) is 11.1. The zero-order valence-corrected chi connectivity index (χ0v) is 24.1. The minimum Gasteiger partial charge on any atom is -0.228 e. The van der Waals surface area contributed by atoms with E-state index in [4.69, 9.17) is 9.97 Å². The molecule has 0 spiro atoms. The molecule has 1 aromatic heterocycles. The van der Waals surface area contributed by atoms with Crippen LogP contribution >= 0.6 is 0 Å². The maximum Gasteiger partial charge on any atom is 0.160 e. The molecule has 0 saturated carbocycles. The van der Waals surface area contributed by atoms with Gasteiger partial charge in [-0.2, -0.15) is 0 Å². The first kappa shape index (κ1) is 25.8. The number of benzene rings is 7. The highest BCUT2D eigenvalue weighted by Crippen LogP contribution is 2.36. The van der Waals surface area contributed by atoms with Crippen LogP contribution in [0.25, 0.3) is 77.7 Å². The van der Waals surface area contributed by atoms with Gasteiger partial charge in [-0.15, -0.1) is 0 Å². The van der Waals surface area contributed by atoms with Crippen LogP contribution in [0.2, 0.25) is 0 Å². The predicted molar refractivity (Wildman–Crippen MR) is 184 cm³/mol. The number of rotatable bonds is 5. The van der Waals surface area contributed by atoms with Crippen LogP contribution in [0.1, 0.15) is 0 Å². The first-order valence-corrected chi connectivity index (χ1v) is 14.9. The summed E-state index contributed by atoms with van der Waals surface area (Å²) in [6.45, 7) is 0. The molecule has 0 aliphatic rings. The minimum absolute atomic E-state index is 0.715. The fourth-order valence-electron chi connectivity index (χ4n) is 5.98. The van der Waals surface area contributed by atoms with Crippen LogP contribution in [0.4, 0.5) is 0 Å². The smallest absolute Gasteiger partial charge is 0.160 e. The Morgan fingerprint density at radius 1 is 0.295 bits per heavy atom. The molecule has 0 amide bonds.